The first-order chi connectivity index (χ1) is 8.13. The lowest BCUT2D eigenvalue weighted by molar-refractivity contribution is -0.138. The molecule has 0 bridgehead atoms. The van der Waals surface area contributed by atoms with Crippen LogP contribution in [-0.4, -0.2) is 36.1 Å². The van der Waals surface area contributed by atoms with Gasteiger partial charge in [0.1, 0.15) is 0 Å². The van der Waals surface area contributed by atoms with Crippen molar-refractivity contribution < 1.29 is 9.90 Å². The Hall–Kier alpha value is -1.39. The van der Waals surface area contributed by atoms with Gasteiger partial charge < -0.3 is 15.7 Å². The third kappa shape index (κ3) is 2.33. The number of carbonyl (C=O) groups is 1. The third-order valence-electron chi connectivity index (χ3n) is 3.41. The third-order valence-corrected chi connectivity index (χ3v) is 3.41. The summed E-state index contributed by atoms with van der Waals surface area (Å²) in [4.78, 5) is 13.4. The van der Waals surface area contributed by atoms with Crippen molar-refractivity contribution >= 4 is 5.97 Å². The molecule has 17 heavy (non-hydrogen) atoms. The average molecular weight is 234 g/mol. The SMILES string of the molecule is CN1CCc2cccc(C(CN)C(=O)O)c2C1. The largest absolute Gasteiger partial charge is 0.481 e. The van der Waals surface area contributed by atoms with Gasteiger partial charge in [-0.05, 0) is 30.2 Å². The lowest BCUT2D eigenvalue weighted by atomic mass is 9.88. The summed E-state index contributed by atoms with van der Waals surface area (Å²) in [5, 5.41) is 9.20. The monoisotopic (exact) mass is 234 g/mol. The van der Waals surface area contributed by atoms with Gasteiger partial charge >= 0.3 is 5.97 Å². The molecule has 0 aromatic heterocycles. The summed E-state index contributed by atoms with van der Waals surface area (Å²) in [7, 11) is 2.05. The van der Waals surface area contributed by atoms with Crippen LogP contribution in [-0.2, 0) is 17.8 Å². The fourth-order valence-electron chi connectivity index (χ4n) is 2.43. The van der Waals surface area contributed by atoms with Crippen molar-refractivity contribution in [3.63, 3.8) is 0 Å². The van der Waals surface area contributed by atoms with Crippen molar-refractivity contribution in [2.75, 3.05) is 20.1 Å². The molecule has 1 aliphatic heterocycles. The molecule has 92 valence electrons. The molecule has 4 nitrogen and oxygen atoms in total. The number of hydrogen-bond acceptors (Lipinski definition) is 3. The topological polar surface area (TPSA) is 66.6 Å². The average Bonchev–Trinajstić information content (AvgIpc) is 2.30. The summed E-state index contributed by atoms with van der Waals surface area (Å²) in [6.45, 7) is 1.99. The van der Waals surface area contributed by atoms with Crippen LogP contribution in [0.2, 0.25) is 0 Å². The van der Waals surface area contributed by atoms with E-state index < -0.39 is 11.9 Å². The second-order valence-corrected chi connectivity index (χ2v) is 4.60. The molecule has 0 aliphatic carbocycles. The van der Waals surface area contributed by atoms with Gasteiger partial charge in [0.15, 0.2) is 0 Å². The van der Waals surface area contributed by atoms with E-state index in [4.69, 9.17) is 5.73 Å². The van der Waals surface area contributed by atoms with E-state index in [9.17, 15) is 9.90 Å². The highest BCUT2D eigenvalue weighted by Crippen LogP contribution is 2.27. The molecule has 0 saturated carbocycles. The summed E-state index contributed by atoms with van der Waals surface area (Å²) in [5.41, 5.74) is 8.87. The minimum absolute atomic E-state index is 0.148. The predicted molar refractivity (Wildman–Crippen MR) is 65.9 cm³/mol. The second kappa shape index (κ2) is 4.85. The number of carboxylic acid groups (broad SMARTS) is 1. The van der Waals surface area contributed by atoms with Crippen molar-refractivity contribution in [1.29, 1.82) is 0 Å². The number of benzene rings is 1. The van der Waals surface area contributed by atoms with E-state index in [2.05, 4.69) is 18.0 Å². The maximum atomic E-state index is 11.2. The van der Waals surface area contributed by atoms with E-state index in [1.165, 1.54) is 5.56 Å². The van der Waals surface area contributed by atoms with Crippen molar-refractivity contribution in [2.45, 2.75) is 18.9 Å². The molecule has 0 radical (unpaired) electrons. The number of aliphatic carboxylic acids is 1. The van der Waals surface area contributed by atoms with E-state index in [0.717, 1.165) is 30.6 Å². The van der Waals surface area contributed by atoms with Gasteiger partial charge in [-0.3, -0.25) is 4.79 Å². The quantitative estimate of drug-likeness (QED) is 0.812. The van der Waals surface area contributed by atoms with Crippen LogP contribution in [0.1, 0.15) is 22.6 Å². The van der Waals surface area contributed by atoms with Gasteiger partial charge in [-0.15, -0.1) is 0 Å². The molecule has 1 unspecified atom stereocenters. The number of rotatable bonds is 3. The maximum absolute atomic E-state index is 11.2. The zero-order valence-corrected chi connectivity index (χ0v) is 10.0. The Morgan fingerprint density at radius 2 is 2.35 bits per heavy atom. The summed E-state index contributed by atoms with van der Waals surface area (Å²) >= 11 is 0. The number of nitrogens with zero attached hydrogens (tertiary/aromatic N) is 1. The van der Waals surface area contributed by atoms with Gasteiger partial charge in [0.25, 0.3) is 0 Å². The highest BCUT2D eigenvalue weighted by molar-refractivity contribution is 5.77. The van der Waals surface area contributed by atoms with Crippen molar-refractivity contribution in [3.8, 4) is 0 Å². The van der Waals surface area contributed by atoms with Crippen LogP contribution in [0, 0.1) is 0 Å². The lowest BCUT2D eigenvalue weighted by Gasteiger charge is -2.28. The Morgan fingerprint density at radius 3 is 3.00 bits per heavy atom. The molecule has 1 aromatic carbocycles. The normalized spacial score (nSPS) is 17.5. The van der Waals surface area contributed by atoms with Crippen LogP contribution in [0.15, 0.2) is 18.2 Å². The first-order valence-corrected chi connectivity index (χ1v) is 5.85. The summed E-state index contributed by atoms with van der Waals surface area (Å²) < 4.78 is 0. The van der Waals surface area contributed by atoms with Gasteiger partial charge in [-0.25, -0.2) is 0 Å². The maximum Gasteiger partial charge on any atom is 0.312 e. The highest BCUT2D eigenvalue weighted by Gasteiger charge is 2.24. The fourth-order valence-corrected chi connectivity index (χ4v) is 2.43. The molecular weight excluding hydrogens is 216 g/mol. The molecule has 0 spiro atoms. The zero-order valence-electron chi connectivity index (χ0n) is 10.0. The van der Waals surface area contributed by atoms with E-state index >= 15 is 0 Å². The number of hydrogen-bond donors (Lipinski definition) is 2. The Labute approximate surface area is 101 Å². The molecule has 2 rings (SSSR count). The number of fused-ring (bicyclic) bond motifs is 1. The first-order valence-electron chi connectivity index (χ1n) is 5.85. The Kier molecular flexibility index (Phi) is 3.45. The van der Waals surface area contributed by atoms with Gasteiger partial charge in [-0.1, -0.05) is 18.2 Å². The number of carboxylic acids is 1. The highest BCUT2D eigenvalue weighted by atomic mass is 16.4. The van der Waals surface area contributed by atoms with Crippen LogP contribution in [0.25, 0.3) is 0 Å². The van der Waals surface area contributed by atoms with Gasteiger partial charge in [-0.2, -0.15) is 0 Å². The molecule has 0 saturated heterocycles. The van der Waals surface area contributed by atoms with E-state index in [0.29, 0.717) is 0 Å². The molecule has 0 fully saturated rings. The molecule has 1 aliphatic rings. The molecule has 1 aromatic rings. The Balaban J connectivity index is 2.44. The molecule has 0 amide bonds. The first kappa shape index (κ1) is 12.1. The second-order valence-electron chi connectivity index (χ2n) is 4.60. The fraction of sp³-hybridized carbons (Fsp3) is 0.462. The van der Waals surface area contributed by atoms with Crippen molar-refractivity contribution in [2.24, 2.45) is 5.73 Å². The van der Waals surface area contributed by atoms with E-state index in [1.807, 2.05) is 12.1 Å². The van der Waals surface area contributed by atoms with Crippen LogP contribution >= 0.6 is 0 Å². The molecular formula is C13H18N2O2. The Bertz CT molecular complexity index is 431. The molecule has 3 N–H and O–H groups in total. The smallest absolute Gasteiger partial charge is 0.312 e. The Morgan fingerprint density at radius 1 is 1.59 bits per heavy atom. The van der Waals surface area contributed by atoms with Crippen LogP contribution < -0.4 is 5.73 Å². The van der Waals surface area contributed by atoms with Gasteiger partial charge in [0.05, 0.1) is 5.92 Å². The van der Waals surface area contributed by atoms with Crippen molar-refractivity contribution in [3.05, 3.63) is 34.9 Å². The lowest BCUT2D eigenvalue weighted by Crippen LogP contribution is -2.30. The number of likely N-dealkylation sites (N-methyl/N-ethyl adjacent to an activating group) is 1. The minimum atomic E-state index is -0.839. The molecule has 4 heteroatoms. The summed E-state index contributed by atoms with van der Waals surface area (Å²) in [6, 6.07) is 5.91. The van der Waals surface area contributed by atoms with Crippen LogP contribution in [0.4, 0.5) is 0 Å². The minimum Gasteiger partial charge on any atom is -0.481 e. The molecule has 1 atom stereocenters. The number of nitrogens with two attached hydrogens (primary N) is 1. The van der Waals surface area contributed by atoms with Crippen LogP contribution in [0.3, 0.4) is 0 Å². The van der Waals surface area contributed by atoms with E-state index in [-0.39, 0.29) is 6.54 Å². The predicted octanol–water partition coefficient (Wildman–Crippen LogP) is 0.801. The van der Waals surface area contributed by atoms with E-state index in [1.54, 1.807) is 0 Å². The molecule has 1 heterocycles. The summed E-state index contributed by atoms with van der Waals surface area (Å²) in [6.07, 6.45) is 0.983. The van der Waals surface area contributed by atoms with Crippen LogP contribution in [0.5, 0.6) is 0 Å². The van der Waals surface area contributed by atoms with Crippen molar-refractivity contribution in [1.82, 2.24) is 4.90 Å². The van der Waals surface area contributed by atoms with Gasteiger partial charge in [0, 0.05) is 19.6 Å². The van der Waals surface area contributed by atoms with Gasteiger partial charge in [0.2, 0.25) is 0 Å². The zero-order chi connectivity index (χ0) is 12.4. The summed E-state index contributed by atoms with van der Waals surface area (Å²) in [5.74, 6) is -1.43. The standard InChI is InChI=1S/C13H18N2O2/c1-15-6-5-9-3-2-4-10(12(9)8-15)11(7-14)13(16)17/h2-4,11H,5-8,14H2,1H3,(H,16,17).